The minimum absolute atomic E-state index is 0.0935. The van der Waals surface area contributed by atoms with Crippen LogP contribution in [-0.4, -0.2) is 88.5 Å². The van der Waals surface area contributed by atoms with E-state index >= 15 is 0 Å². The van der Waals surface area contributed by atoms with E-state index in [1.807, 2.05) is 31.2 Å². The number of hydrogen-bond acceptors (Lipinski definition) is 7. The SMILES string of the molecule is COc1ccccc1-c1ccc2c(c1)O[C@@H](CN(C)CC1CCOCC1)[C@@H](C)CN([C@H](C)CO)S2(=O)=O. The van der Waals surface area contributed by atoms with Gasteiger partial charge in [0.05, 0.1) is 13.7 Å². The van der Waals surface area contributed by atoms with Crippen LogP contribution in [0, 0.1) is 11.8 Å². The van der Waals surface area contributed by atoms with Crippen molar-refractivity contribution in [1.82, 2.24) is 9.21 Å². The highest BCUT2D eigenvalue weighted by Gasteiger charge is 2.38. The molecule has 8 nitrogen and oxygen atoms in total. The number of nitrogens with zero attached hydrogens (tertiary/aromatic N) is 2. The summed E-state index contributed by atoms with van der Waals surface area (Å²) in [4.78, 5) is 2.41. The first-order chi connectivity index (χ1) is 17.7. The van der Waals surface area contributed by atoms with Crippen LogP contribution in [0.1, 0.15) is 26.7 Å². The highest BCUT2D eigenvalue weighted by molar-refractivity contribution is 7.89. The highest BCUT2D eigenvalue weighted by atomic mass is 32.2. The molecule has 1 saturated heterocycles. The molecule has 2 aliphatic heterocycles. The third-order valence-electron chi connectivity index (χ3n) is 7.49. The maximum atomic E-state index is 13.8. The zero-order valence-corrected chi connectivity index (χ0v) is 23.1. The van der Waals surface area contributed by atoms with Gasteiger partial charge in [-0.3, -0.25) is 0 Å². The fourth-order valence-corrected chi connectivity index (χ4v) is 7.07. The van der Waals surface area contributed by atoms with Crippen LogP contribution in [0.15, 0.2) is 47.4 Å². The van der Waals surface area contributed by atoms with Crippen LogP contribution in [0.4, 0.5) is 0 Å². The third kappa shape index (κ3) is 6.29. The molecule has 0 unspecified atom stereocenters. The van der Waals surface area contributed by atoms with Gasteiger partial charge in [0.2, 0.25) is 10.0 Å². The molecule has 0 radical (unpaired) electrons. The summed E-state index contributed by atoms with van der Waals surface area (Å²) in [7, 11) is -0.169. The van der Waals surface area contributed by atoms with Crippen LogP contribution in [0.5, 0.6) is 11.5 Å². The number of aliphatic hydroxyl groups is 1. The van der Waals surface area contributed by atoms with Crippen LogP contribution in [0.2, 0.25) is 0 Å². The number of methoxy groups -OCH3 is 1. The molecule has 4 rings (SSSR count). The number of fused-ring (bicyclic) bond motifs is 1. The van der Waals surface area contributed by atoms with Crippen molar-refractivity contribution in [2.75, 3.05) is 53.6 Å². The first-order valence-electron chi connectivity index (χ1n) is 13.1. The predicted molar refractivity (Wildman–Crippen MR) is 143 cm³/mol. The van der Waals surface area contributed by atoms with Gasteiger partial charge in [-0.2, -0.15) is 4.31 Å². The second kappa shape index (κ2) is 12.1. The number of hydrogen-bond donors (Lipinski definition) is 1. The molecular weight excluding hydrogens is 492 g/mol. The second-order valence-corrected chi connectivity index (χ2v) is 12.2. The molecule has 2 aromatic rings. The van der Waals surface area contributed by atoms with Gasteiger partial charge in [-0.05, 0) is 56.5 Å². The first kappa shape index (κ1) is 27.9. The van der Waals surface area contributed by atoms with Crippen LogP contribution in [0.25, 0.3) is 11.1 Å². The Morgan fingerprint density at radius 3 is 2.59 bits per heavy atom. The number of para-hydroxylation sites is 1. The van der Waals surface area contributed by atoms with E-state index in [4.69, 9.17) is 14.2 Å². The largest absolute Gasteiger partial charge is 0.496 e. The van der Waals surface area contributed by atoms with E-state index in [1.54, 1.807) is 32.2 Å². The Balaban J connectivity index is 1.71. The molecule has 0 saturated carbocycles. The van der Waals surface area contributed by atoms with Crippen LogP contribution < -0.4 is 9.47 Å². The standard InChI is InChI=1S/C28H40N2O6S/c1-20-16-30(21(2)19-31)37(32,33)28-10-9-23(24-7-5-6-8-25(24)34-4)15-26(28)36-27(20)18-29(3)17-22-11-13-35-14-12-22/h5-10,15,20-22,27,31H,11-14,16-19H2,1-4H3/t20-,21+,27-/m0/s1. The van der Waals surface area contributed by atoms with Gasteiger partial charge >= 0.3 is 0 Å². The predicted octanol–water partition coefficient (Wildman–Crippen LogP) is 3.49. The van der Waals surface area contributed by atoms with Gasteiger partial charge in [-0.15, -0.1) is 0 Å². The molecule has 0 amide bonds. The second-order valence-electron chi connectivity index (χ2n) is 10.4. The maximum absolute atomic E-state index is 13.8. The average molecular weight is 533 g/mol. The van der Waals surface area contributed by atoms with E-state index in [2.05, 4.69) is 11.9 Å². The molecule has 2 heterocycles. The highest BCUT2D eigenvalue weighted by Crippen LogP contribution is 2.38. The Hall–Kier alpha value is -2.17. The fourth-order valence-electron chi connectivity index (χ4n) is 5.25. The lowest BCUT2D eigenvalue weighted by Crippen LogP contribution is -2.50. The molecule has 1 fully saturated rings. The number of likely N-dealkylation sites (N-methyl/N-ethyl adjacent to an activating group) is 1. The summed E-state index contributed by atoms with van der Waals surface area (Å²) in [6.07, 6.45) is 1.87. The summed E-state index contributed by atoms with van der Waals surface area (Å²) in [5.41, 5.74) is 1.67. The number of aliphatic hydroxyl groups excluding tert-OH is 1. The molecule has 0 spiro atoms. The lowest BCUT2D eigenvalue weighted by Gasteiger charge is -2.38. The summed E-state index contributed by atoms with van der Waals surface area (Å²) >= 11 is 0. The number of ether oxygens (including phenoxy) is 3. The van der Waals surface area contributed by atoms with Crippen LogP contribution in [0.3, 0.4) is 0 Å². The topological polar surface area (TPSA) is 88.5 Å². The summed E-state index contributed by atoms with van der Waals surface area (Å²) in [6.45, 7) is 7.00. The first-order valence-corrected chi connectivity index (χ1v) is 14.5. The van der Waals surface area contributed by atoms with Gasteiger partial charge in [0.25, 0.3) is 0 Å². The Kier molecular flexibility index (Phi) is 9.13. The molecule has 0 aliphatic carbocycles. The van der Waals surface area contributed by atoms with E-state index < -0.39 is 16.1 Å². The van der Waals surface area contributed by atoms with Crippen molar-refractivity contribution >= 4 is 10.0 Å². The monoisotopic (exact) mass is 532 g/mol. The van der Waals surface area contributed by atoms with Gasteiger partial charge in [0, 0.05) is 50.4 Å². The minimum atomic E-state index is -3.89. The number of benzene rings is 2. The molecular formula is C28H40N2O6S. The van der Waals surface area contributed by atoms with Gasteiger partial charge in [0.15, 0.2) is 0 Å². The van der Waals surface area contributed by atoms with Crippen LogP contribution in [-0.2, 0) is 14.8 Å². The molecule has 9 heteroatoms. The van der Waals surface area contributed by atoms with Crippen molar-refractivity contribution in [3.05, 3.63) is 42.5 Å². The average Bonchev–Trinajstić information content (AvgIpc) is 2.90. The maximum Gasteiger partial charge on any atom is 0.247 e. The summed E-state index contributed by atoms with van der Waals surface area (Å²) in [5, 5.41) is 9.89. The van der Waals surface area contributed by atoms with Crippen molar-refractivity contribution < 1.29 is 27.7 Å². The number of sulfonamides is 1. The van der Waals surface area contributed by atoms with E-state index in [1.165, 1.54) is 4.31 Å². The van der Waals surface area contributed by atoms with Gasteiger partial charge in [0.1, 0.15) is 22.5 Å². The zero-order valence-electron chi connectivity index (χ0n) is 22.3. The Labute approximate surface area is 221 Å². The van der Waals surface area contributed by atoms with Crippen LogP contribution >= 0.6 is 0 Å². The summed E-state index contributed by atoms with van der Waals surface area (Å²) < 4.78 is 46.6. The van der Waals surface area contributed by atoms with E-state index in [-0.39, 0.29) is 30.1 Å². The van der Waals surface area contributed by atoms with E-state index in [0.717, 1.165) is 43.7 Å². The molecule has 37 heavy (non-hydrogen) atoms. The van der Waals surface area contributed by atoms with Crippen molar-refractivity contribution in [3.8, 4) is 22.6 Å². The van der Waals surface area contributed by atoms with E-state index in [0.29, 0.717) is 24.0 Å². The summed E-state index contributed by atoms with van der Waals surface area (Å²) in [5.74, 6) is 1.52. The minimum Gasteiger partial charge on any atom is -0.496 e. The van der Waals surface area contributed by atoms with Crippen molar-refractivity contribution in [2.45, 2.75) is 43.7 Å². The molecule has 204 valence electrons. The molecule has 0 aromatic heterocycles. The molecule has 2 aliphatic rings. The molecule has 3 atom stereocenters. The van der Waals surface area contributed by atoms with Crippen molar-refractivity contribution in [1.29, 1.82) is 0 Å². The van der Waals surface area contributed by atoms with Gasteiger partial charge in [-0.1, -0.05) is 31.2 Å². The fraction of sp³-hybridized carbons (Fsp3) is 0.571. The Morgan fingerprint density at radius 2 is 1.89 bits per heavy atom. The molecule has 0 bridgehead atoms. The Morgan fingerprint density at radius 1 is 1.16 bits per heavy atom. The third-order valence-corrected chi connectivity index (χ3v) is 9.51. The molecule has 2 aromatic carbocycles. The zero-order chi connectivity index (χ0) is 26.6. The van der Waals surface area contributed by atoms with Gasteiger partial charge < -0.3 is 24.2 Å². The quantitative estimate of drug-likeness (QED) is 0.557. The number of rotatable bonds is 8. The van der Waals surface area contributed by atoms with Gasteiger partial charge in [-0.25, -0.2) is 8.42 Å². The smallest absolute Gasteiger partial charge is 0.247 e. The van der Waals surface area contributed by atoms with Crippen molar-refractivity contribution in [3.63, 3.8) is 0 Å². The lowest BCUT2D eigenvalue weighted by atomic mass is 9.98. The normalized spacial score (nSPS) is 23.5. The van der Waals surface area contributed by atoms with Crippen molar-refractivity contribution in [2.24, 2.45) is 11.8 Å². The Bertz CT molecular complexity index is 1150. The lowest BCUT2D eigenvalue weighted by molar-refractivity contribution is 0.0402. The van der Waals surface area contributed by atoms with E-state index in [9.17, 15) is 13.5 Å². The molecule has 1 N–H and O–H groups in total. The summed E-state index contributed by atoms with van der Waals surface area (Å²) in [6, 6.07) is 12.3.